The van der Waals surface area contributed by atoms with Gasteiger partial charge in [0.1, 0.15) is 0 Å². The summed E-state index contributed by atoms with van der Waals surface area (Å²) in [7, 11) is 2.04. The summed E-state index contributed by atoms with van der Waals surface area (Å²) in [6, 6.07) is 13.1. The number of thiophene rings is 1. The number of aromatic nitrogens is 1. The van der Waals surface area contributed by atoms with Crippen LogP contribution in [0.1, 0.15) is 23.6 Å². The number of hydrogen-bond donors (Lipinski definition) is 1. The average molecular weight is 282 g/mol. The van der Waals surface area contributed by atoms with Gasteiger partial charge in [-0.2, -0.15) is 11.3 Å². The van der Waals surface area contributed by atoms with Crippen molar-refractivity contribution in [3.8, 4) is 0 Å². The number of rotatable bonds is 5. The lowest BCUT2D eigenvalue weighted by molar-refractivity contribution is 0.553. The Morgan fingerprint density at radius 3 is 2.95 bits per heavy atom. The van der Waals surface area contributed by atoms with Gasteiger partial charge in [0.15, 0.2) is 0 Å². The maximum Gasteiger partial charge on any atom is 0.0705 e. The van der Waals surface area contributed by atoms with Gasteiger partial charge in [0.25, 0.3) is 0 Å². The van der Waals surface area contributed by atoms with Crippen LogP contribution in [0.2, 0.25) is 0 Å². The number of nitrogens with zero attached hydrogens (tertiary/aromatic N) is 1. The molecule has 3 heteroatoms. The summed E-state index contributed by atoms with van der Waals surface area (Å²) in [6.07, 6.45) is 4.05. The van der Waals surface area contributed by atoms with Gasteiger partial charge in [0.2, 0.25) is 0 Å². The molecule has 2 nitrogen and oxygen atoms in total. The first-order valence-electron chi connectivity index (χ1n) is 6.90. The molecule has 0 fully saturated rings. The minimum atomic E-state index is 0.364. The molecule has 0 saturated carbocycles. The van der Waals surface area contributed by atoms with Crippen LogP contribution in [0.3, 0.4) is 0 Å². The predicted molar refractivity (Wildman–Crippen MR) is 86.2 cm³/mol. The van der Waals surface area contributed by atoms with Gasteiger partial charge in [-0.3, -0.25) is 4.98 Å². The first kappa shape index (κ1) is 13.3. The topological polar surface area (TPSA) is 24.9 Å². The molecule has 0 aliphatic rings. The molecular formula is C17H18N2S. The molecule has 20 heavy (non-hydrogen) atoms. The fourth-order valence-corrected chi connectivity index (χ4v) is 3.34. The van der Waals surface area contributed by atoms with Crippen LogP contribution in [0, 0.1) is 0 Å². The van der Waals surface area contributed by atoms with Crippen molar-refractivity contribution in [3.05, 3.63) is 64.5 Å². The van der Waals surface area contributed by atoms with Gasteiger partial charge in [-0.15, -0.1) is 0 Å². The second kappa shape index (κ2) is 6.16. The zero-order valence-electron chi connectivity index (χ0n) is 11.5. The smallest absolute Gasteiger partial charge is 0.0705 e. The van der Waals surface area contributed by atoms with Crippen molar-refractivity contribution < 1.29 is 0 Å². The summed E-state index contributed by atoms with van der Waals surface area (Å²) in [5, 5.41) is 9.08. The van der Waals surface area contributed by atoms with Crippen molar-refractivity contribution in [1.29, 1.82) is 0 Å². The Kier molecular flexibility index (Phi) is 4.09. The Balaban J connectivity index is 1.87. The number of aryl methyl sites for hydroxylation is 1. The van der Waals surface area contributed by atoms with E-state index >= 15 is 0 Å². The Bertz CT molecular complexity index is 671. The highest BCUT2D eigenvalue weighted by Gasteiger charge is 2.12. The Labute approximate surface area is 123 Å². The molecule has 1 N–H and O–H groups in total. The molecule has 0 saturated heterocycles. The maximum atomic E-state index is 4.44. The average Bonchev–Trinajstić information content (AvgIpc) is 3.01. The lowest BCUT2D eigenvalue weighted by Gasteiger charge is -2.18. The summed E-state index contributed by atoms with van der Waals surface area (Å²) >= 11 is 1.77. The van der Waals surface area contributed by atoms with Crippen molar-refractivity contribution in [2.24, 2.45) is 0 Å². The highest BCUT2D eigenvalue weighted by Crippen LogP contribution is 2.26. The third kappa shape index (κ3) is 2.74. The third-order valence-electron chi connectivity index (χ3n) is 3.71. The number of pyridine rings is 1. The van der Waals surface area contributed by atoms with Crippen molar-refractivity contribution in [1.82, 2.24) is 10.3 Å². The van der Waals surface area contributed by atoms with Crippen LogP contribution in [0.25, 0.3) is 10.9 Å². The summed E-state index contributed by atoms with van der Waals surface area (Å²) in [5.74, 6) is 0. The highest BCUT2D eigenvalue weighted by molar-refractivity contribution is 7.07. The molecule has 1 aromatic carbocycles. The van der Waals surface area contributed by atoms with Gasteiger partial charge < -0.3 is 5.32 Å². The lowest BCUT2D eigenvalue weighted by Crippen LogP contribution is -2.17. The Morgan fingerprint density at radius 1 is 1.20 bits per heavy atom. The number of benzene rings is 1. The number of fused-ring (bicyclic) bond motifs is 1. The zero-order valence-corrected chi connectivity index (χ0v) is 12.4. The summed E-state index contributed by atoms with van der Waals surface area (Å²) in [6.45, 7) is 0. The summed E-state index contributed by atoms with van der Waals surface area (Å²) in [5.41, 5.74) is 3.84. The predicted octanol–water partition coefficient (Wildman–Crippen LogP) is 4.19. The Hall–Kier alpha value is -1.71. The fraction of sp³-hybridized carbons (Fsp3) is 0.235. The zero-order chi connectivity index (χ0) is 13.8. The van der Waals surface area contributed by atoms with E-state index in [1.807, 2.05) is 19.3 Å². The van der Waals surface area contributed by atoms with Gasteiger partial charge >= 0.3 is 0 Å². The largest absolute Gasteiger partial charge is 0.313 e. The molecule has 0 spiro atoms. The molecule has 0 amide bonds. The molecule has 0 aliphatic carbocycles. The maximum absolute atomic E-state index is 4.44. The standard InChI is InChI=1S/C17H18N2S/c1-18-16(8-7-13-9-11-20-12-13)14-4-2-6-17-15(14)5-3-10-19-17/h2-6,9-12,16,18H,7-8H2,1H3. The van der Waals surface area contributed by atoms with E-state index in [-0.39, 0.29) is 0 Å². The molecule has 3 rings (SSSR count). The van der Waals surface area contributed by atoms with Gasteiger partial charge in [0.05, 0.1) is 5.52 Å². The van der Waals surface area contributed by atoms with Crippen molar-refractivity contribution in [2.75, 3.05) is 7.05 Å². The van der Waals surface area contributed by atoms with Crippen LogP contribution in [0.4, 0.5) is 0 Å². The van der Waals surface area contributed by atoms with Crippen molar-refractivity contribution >= 4 is 22.2 Å². The quantitative estimate of drug-likeness (QED) is 0.759. The first-order valence-corrected chi connectivity index (χ1v) is 7.85. The first-order chi connectivity index (χ1) is 9.88. The van der Waals surface area contributed by atoms with Crippen LogP contribution in [0.5, 0.6) is 0 Å². The SMILES string of the molecule is CNC(CCc1ccsc1)c1cccc2ncccc12. The van der Waals surface area contributed by atoms with E-state index in [1.54, 1.807) is 11.3 Å². The molecule has 0 aliphatic heterocycles. The van der Waals surface area contributed by atoms with Crippen LogP contribution in [-0.2, 0) is 6.42 Å². The molecule has 3 aromatic rings. The van der Waals surface area contributed by atoms with Crippen LogP contribution >= 0.6 is 11.3 Å². The number of nitrogens with one attached hydrogen (secondary N) is 1. The molecule has 1 atom stereocenters. The molecule has 0 bridgehead atoms. The van der Waals surface area contributed by atoms with Gasteiger partial charge in [0, 0.05) is 17.6 Å². The van der Waals surface area contributed by atoms with Crippen molar-refractivity contribution in [2.45, 2.75) is 18.9 Å². The minimum absolute atomic E-state index is 0.364. The van der Waals surface area contributed by atoms with E-state index in [0.717, 1.165) is 18.4 Å². The van der Waals surface area contributed by atoms with Crippen LogP contribution in [0.15, 0.2) is 53.4 Å². The normalized spacial score (nSPS) is 12.7. The third-order valence-corrected chi connectivity index (χ3v) is 4.44. The highest BCUT2D eigenvalue weighted by atomic mass is 32.1. The second-order valence-electron chi connectivity index (χ2n) is 4.93. The van der Waals surface area contributed by atoms with Gasteiger partial charge in [-0.25, -0.2) is 0 Å². The van der Waals surface area contributed by atoms with Crippen LogP contribution < -0.4 is 5.32 Å². The van der Waals surface area contributed by atoms with Gasteiger partial charge in [-0.05, 0) is 60.0 Å². The summed E-state index contributed by atoms with van der Waals surface area (Å²) in [4.78, 5) is 4.44. The van der Waals surface area contributed by atoms with Gasteiger partial charge in [-0.1, -0.05) is 18.2 Å². The lowest BCUT2D eigenvalue weighted by atomic mass is 9.96. The molecule has 2 aromatic heterocycles. The molecular weight excluding hydrogens is 264 g/mol. The minimum Gasteiger partial charge on any atom is -0.313 e. The van der Waals surface area contributed by atoms with E-state index in [1.165, 1.54) is 16.5 Å². The van der Waals surface area contributed by atoms with E-state index in [2.05, 4.69) is 51.4 Å². The van der Waals surface area contributed by atoms with Crippen LogP contribution in [-0.4, -0.2) is 12.0 Å². The summed E-state index contributed by atoms with van der Waals surface area (Å²) < 4.78 is 0. The number of hydrogen-bond acceptors (Lipinski definition) is 3. The molecule has 1 unspecified atom stereocenters. The van der Waals surface area contributed by atoms with E-state index in [9.17, 15) is 0 Å². The molecule has 102 valence electrons. The monoisotopic (exact) mass is 282 g/mol. The fourth-order valence-electron chi connectivity index (χ4n) is 2.63. The Morgan fingerprint density at radius 2 is 2.15 bits per heavy atom. The van der Waals surface area contributed by atoms with E-state index < -0.39 is 0 Å². The second-order valence-corrected chi connectivity index (χ2v) is 5.71. The van der Waals surface area contributed by atoms with E-state index in [0.29, 0.717) is 6.04 Å². The molecule has 0 radical (unpaired) electrons. The van der Waals surface area contributed by atoms with E-state index in [4.69, 9.17) is 0 Å². The molecule has 2 heterocycles. The van der Waals surface area contributed by atoms with Crippen molar-refractivity contribution in [3.63, 3.8) is 0 Å².